The molecular weight excluding hydrogens is 422 g/mol. The number of rotatable bonds is 7. The molecule has 8 heteroatoms. The molecule has 0 spiro atoms. The fourth-order valence-corrected chi connectivity index (χ4v) is 3.55. The van der Waals surface area contributed by atoms with Crippen LogP contribution in [0.5, 0.6) is 5.75 Å². The average Bonchev–Trinajstić information content (AvgIpc) is 3.12. The van der Waals surface area contributed by atoms with Gasteiger partial charge in [-0.2, -0.15) is 0 Å². The number of carbonyl (C=O) groups is 2. The maximum Gasteiger partial charge on any atom is 0.270 e. The third kappa shape index (κ3) is 7.03. The maximum atomic E-state index is 13.2. The molecule has 0 unspecified atom stereocenters. The molecule has 3 rings (SSSR count). The molecule has 2 aromatic rings. The quantitative estimate of drug-likeness (QED) is 0.388. The van der Waals surface area contributed by atoms with Gasteiger partial charge in [-0.1, -0.05) is 37.1 Å². The third-order valence-corrected chi connectivity index (χ3v) is 5.32. The number of methoxy groups -OCH3 is 1. The van der Waals surface area contributed by atoms with Gasteiger partial charge in [-0.25, -0.2) is 0 Å². The minimum atomic E-state index is -0.496. The van der Waals surface area contributed by atoms with E-state index in [1.807, 2.05) is 12.1 Å². The van der Waals surface area contributed by atoms with Crippen LogP contribution in [0.3, 0.4) is 0 Å². The van der Waals surface area contributed by atoms with Gasteiger partial charge < -0.3 is 15.0 Å². The van der Waals surface area contributed by atoms with E-state index >= 15 is 0 Å². The number of hydrogen-bond donors (Lipinski definition) is 1. The Morgan fingerprint density at radius 1 is 1.03 bits per heavy atom. The van der Waals surface area contributed by atoms with E-state index in [0.717, 1.165) is 31.2 Å². The minimum absolute atomic E-state index is 0.0850. The van der Waals surface area contributed by atoms with Crippen LogP contribution in [0, 0.1) is 10.1 Å². The number of nitro groups is 1. The molecule has 8 nitrogen and oxygen atoms in total. The highest BCUT2D eigenvalue weighted by Crippen LogP contribution is 2.18. The normalized spacial score (nSPS) is 14.6. The van der Waals surface area contributed by atoms with Gasteiger partial charge in [0.25, 0.3) is 11.6 Å². The van der Waals surface area contributed by atoms with Crippen LogP contribution >= 0.6 is 0 Å². The smallest absolute Gasteiger partial charge is 0.270 e. The van der Waals surface area contributed by atoms with E-state index in [0.29, 0.717) is 24.4 Å². The summed E-state index contributed by atoms with van der Waals surface area (Å²) in [5, 5.41) is 13.8. The van der Waals surface area contributed by atoms with Crippen LogP contribution in [-0.2, 0) is 9.59 Å². The number of likely N-dealkylation sites (tertiary alicyclic amines) is 1. The lowest BCUT2D eigenvalue weighted by Crippen LogP contribution is -2.38. The van der Waals surface area contributed by atoms with Crippen LogP contribution < -0.4 is 10.1 Å². The van der Waals surface area contributed by atoms with Crippen molar-refractivity contribution in [2.24, 2.45) is 0 Å². The largest absolute Gasteiger partial charge is 0.497 e. The first kappa shape index (κ1) is 23.7. The molecule has 0 saturated carbocycles. The maximum absolute atomic E-state index is 13.2. The Morgan fingerprint density at radius 2 is 1.73 bits per heavy atom. The van der Waals surface area contributed by atoms with E-state index in [1.54, 1.807) is 42.4 Å². The summed E-state index contributed by atoms with van der Waals surface area (Å²) in [6.07, 6.45) is 8.39. The molecule has 2 aromatic carbocycles. The number of hydrogen-bond acceptors (Lipinski definition) is 5. The molecule has 0 radical (unpaired) electrons. The molecule has 0 aromatic heterocycles. The highest BCUT2D eigenvalue weighted by Gasteiger charge is 2.21. The molecule has 33 heavy (non-hydrogen) atoms. The number of nitrogens with zero attached hydrogens (tertiary/aromatic N) is 2. The Hall–Kier alpha value is -3.94. The molecule has 2 amide bonds. The second-order valence-corrected chi connectivity index (χ2v) is 7.71. The van der Waals surface area contributed by atoms with Gasteiger partial charge in [0.1, 0.15) is 11.4 Å². The van der Waals surface area contributed by atoms with E-state index in [9.17, 15) is 19.7 Å². The van der Waals surface area contributed by atoms with Crippen molar-refractivity contribution in [3.05, 3.63) is 81.5 Å². The van der Waals surface area contributed by atoms with E-state index < -0.39 is 10.8 Å². The average molecular weight is 450 g/mol. The molecule has 0 bridgehead atoms. The first-order chi connectivity index (χ1) is 16.0. The van der Waals surface area contributed by atoms with Gasteiger partial charge in [0.2, 0.25) is 5.91 Å². The molecule has 1 heterocycles. The minimum Gasteiger partial charge on any atom is -0.497 e. The van der Waals surface area contributed by atoms with Gasteiger partial charge in [0.15, 0.2) is 0 Å². The molecular formula is C25H27N3O5. The van der Waals surface area contributed by atoms with Crippen molar-refractivity contribution in [1.29, 1.82) is 0 Å². The van der Waals surface area contributed by atoms with Crippen molar-refractivity contribution in [1.82, 2.24) is 10.2 Å². The monoisotopic (exact) mass is 449 g/mol. The summed E-state index contributed by atoms with van der Waals surface area (Å²) in [5.74, 6) is -0.0536. The standard InChI is InChI=1S/C25H27N3O5/c1-33-22-12-9-19(10-13-22)11-14-24(29)26-23(25(30)27-15-4-2-3-5-16-27)18-20-7-6-8-21(17-20)28(31)32/h6-14,17-18H,2-5,15-16H2,1H3,(H,26,29)/b14-11+,23-18-. The van der Waals surface area contributed by atoms with Crippen molar-refractivity contribution >= 4 is 29.7 Å². The van der Waals surface area contributed by atoms with Crippen molar-refractivity contribution in [3.63, 3.8) is 0 Å². The highest BCUT2D eigenvalue weighted by molar-refractivity contribution is 6.04. The lowest BCUT2D eigenvalue weighted by atomic mass is 10.1. The predicted molar refractivity (Wildman–Crippen MR) is 126 cm³/mol. The number of amides is 2. The Balaban J connectivity index is 1.83. The van der Waals surface area contributed by atoms with Crippen molar-refractivity contribution in [3.8, 4) is 5.75 Å². The van der Waals surface area contributed by atoms with E-state index in [1.165, 1.54) is 24.3 Å². The van der Waals surface area contributed by atoms with Gasteiger partial charge in [-0.05, 0) is 48.3 Å². The topological polar surface area (TPSA) is 102 Å². The SMILES string of the molecule is COc1ccc(/C=C/C(=O)N/C(=C\c2cccc([N+](=O)[O-])c2)C(=O)N2CCCCCC2)cc1. The lowest BCUT2D eigenvalue weighted by molar-refractivity contribution is -0.384. The zero-order chi connectivity index (χ0) is 23.6. The van der Waals surface area contributed by atoms with Crippen LogP contribution in [0.15, 0.2) is 60.3 Å². The highest BCUT2D eigenvalue weighted by atomic mass is 16.6. The van der Waals surface area contributed by atoms with E-state index in [4.69, 9.17) is 4.74 Å². The Kier molecular flexibility index (Phi) is 8.35. The molecule has 1 fully saturated rings. The summed E-state index contributed by atoms with van der Waals surface area (Å²) in [4.78, 5) is 38.2. The second-order valence-electron chi connectivity index (χ2n) is 7.71. The summed E-state index contributed by atoms with van der Waals surface area (Å²) in [7, 11) is 1.58. The summed E-state index contributed by atoms with van der Waals surface area (Å²) >= 11 is 0. The first-order valence-electron chi connectivity index (χ1n) is 10.8. The fourth-order valence-electron chi connectivity index (χ4n) is 3.55. The lowest BCUT2D eigenvalue weighted by Gasteiger charge is -2.22. The zero-order valence-corrected chi connectivity index (χ0v) is 18.5. The van der Waals surface area contributed by atoms with Crippen LogP contribution in [-0.4, -0.2) is 41.8 Å². The van der Waals surface area contributed by atoms with E-state index in [-0.39, 0.29) is 17.3 Å². The molecule has 1 N–H and O–H groups in total. The van der Waals surface area contributed by atoms with Crippen molar-refractivity contribution in [2.45, 2.75) is 25.7 Å². The number of nitro benzene ring substituents is 1. The Bertz CT molecular complexity index is 1050. The molecule has 1 aliphatic rings. The number of nitrogens with one attached hydrogen (secondary N) is 1. The van der Waals surface area contributed by atoms with Crippen LogP contribution in [0.2, 0.25) is 0 Å². The predicted octanol–water partition coefficient (Wildman–Crippen LogP) is 4.18. The Labute approximate surface area is 192 Å². The van der Waals surface area contributed by atoms with E-state index in [2.05, 4.69) is 5.32 Å². The zero-order valence-electron chi connectivity index (χ0n) is 18.5. The second kappa shape index (κ2) is 11.6. The van der Waals surface area contributed by atoms with Crippen molar-refractivity contribution in [2.75, 3.05) is 20.2 Å². The summed E-state index contributed by atoms with van der Waals surface area (Å²) in [6.45, 7) is 1.23. The van der Waals surface area contributed by atoms with Gasteiger partial charge in [-0.3, -0.25) is 19.7 Å². The summed E-state index contributed by atoms with van der Waals surface area (Å²) < 4.78 is 5.12. The van der Waals surface area contributed by atoms with Gasteiger partial charge >= 0.3 is 0 Å². The fraction of sp³-hybridized carbons (Fsp3) is 0.280. The van der Waals surface area contributed by atoms with Crippen molar-refractivity contribution < 1.29 is 19.2 Å². The number of non-ortho nitro benzene ring substituents is 1. The van der Waals surface area contributed by atoms with Crippen LogP contribution in [0.25, 0.3) is 12.2 Å². The third-order valence-electron chi connectivity index (χ3n) is 5.32. The number of benzene rings is 2. The van der Waals surface area contributed by atoms with Gasteiger partial charge in [0, 0.05) is 31.3 Å². The molecule has 0 atom stereocenters. The number of carbonyl (C=O) groups excluding carboxylic acids is 2. The molecule has 172 valence electrons. The summed E-state index contributed by atoms with van der Waals surface area (Å²) in [5.41, 5.74) is 1.26. The Morgan fingerprint density at radius 3 is 2.36 bits per heavy atom. The van der Waals surface area contributed by atoms with Crippen LogP contribution in [0.1, 0.15) is 36.8 Å². The molecule has 1 saturated heterocycles. The van der Waals surface area contributed by atoms with Crippen LogP contribution in [0.4, 0.5) is 5.69 Å². The molecule has 0 aliphatic carbocycles. The molecule has 1 aliphatic heterocycles. The summed E-state index contributed by atoms with van der Waals surface area (Å²) in [6, 6.07) is 13.1. The van der Waals surface area contributed by atoms with Gasteiger partial charge in [-0.15, -0.1) is 0 Å². The number of ether oxygens (including phenoxy) is 1. The van der Waals surface area contributed by atoms with Gasteiger partial charge in [0.05, 0.1) is 12.0 Å². The first-order valence-corrected chi connectivity index (χ1v) is 10.8.